The third-order valence-electron chi connectivity index (χ3n) is 2.46. The van der Waals surface area contributed by atoms with E-state index < -0.39 is 5.78 Å². The van der Waals surface area contributed by atoms with E-state index in [9.17, 15) is 4.79 Å². The molecule has 2 nitrogen and oxygen atoms in total. The number of Topliss-reactive ketones (excluding diaryl/α,β-unsaturated/α-hetero) is 1. The SMILES string of the molecule is CCC(C)c1ccc(C(=O)C#N)cc1. The van der Waals surface area contributed by atoms with Crippen LogP contribution in [0.5, 0.6) is 0 Å². The summed E-state index contributed by atoms with van der Waals surface area (Å²) in [5.41, 5.74) is 1.68. The van der Waals surface area contributed by atoms with E-state index in [-0.39, 0.29) is 0 Å². The zero-order valence-corrected chi connectivity index (χ0v) is 8.45. The Labute approximate surface area is 84.2 Å². The summed E-state index contributed by atoms with van der Waals surface area (Å²) in [4.78, 5) is 11.0. The minimum atomic E-state index is -0.472. The zero-order chi connectivity index (χ0) is 10.6. The molecule has 1 rings (SSSR count). The van der Waals surface area contributed by atoms with Crippen LogP contribution in [0.4, 0.5) is 0 Å². The van der Waals surface area contributed by atoms with Gasteiger partial charge in [0.2, 0.25) is 0 Å². The lowest BCUT2D eigenvalue weighted by Crippen LogP contribution is -1.96. The van der Waals surface area contributed by atoms with Gasteiger partial charge in [-0.1, -0.05) is 38.1 Å². The molecule has 0 spiro atoms. The number of nitrogens with zero attached hydrogens (tertiary/aromatic N) is 1. The predicted octanol–water partition coefficient (Wildman–Crippen LogP) is 2.91. The second-order valence-corrected chi connectivity index (χ2v) is 3.37. The molecule has 72 valence electrons. The van der Waals surface area contributed by atoms with Crippen LogP contribution in [-0.2, 0) is 0 Å². The van der Waals surface area contributed by atoms with E-state index in [4.69, 9.17) is 5.26 Å². The molecule has 0 aliphatic rings. The fourth-order valence-corrected chi connectivity index (χ4v) is 1.26. The van der Waals surface area contributed by atoms with Crippen molar-refractivity contribution in [2.24, 2.45) is 0 Å². The van der Waals surface area contributed by atoms with Crippen LogP contribution in [0.1, 0.15) is 42.1 Å². The Hall–Kier alpha value is -1.62. The molecule has 1 aromatic rings. The van der Waals surface area contributed by atoms with Crippen LogP contribution >= 0.6 is 0 Å². The molecule has 0 aliphatic heterocycles. The molecular formula is C12H13NO. The normalized spacial score (nSPS) is 11.8. The molecule has 0 aliphatic carbocycles. The maximum absolute atomic E-state index is 11.0. The van der Waals surface area contributed by atoms with Crippen LogP contribution in [0.3, 0.4) is 0 Å². The Morgan fingerprint density at radius 2 is 2.00 bits per heavy atom. The monoisotopic (exact) mass is 187 g/mol. The third-order valence-corrected chi connectivity index (χ3v) is 2.46. The summed E-state index contributed by atoms with van der Waals surface area (Å²) in [6.45, 7) is 4.26. The number of rotatable bonds is 3. The van der Waals surface area contributed by atoms with E-state index in [1.54, 1.807) is 18.2 Å². The van der Waals surface area contributed by atoms with Crippen LogP contribution in [0.15, 0.2) is 24.3 Å². The van der Waals surface area contributed by atoms with E-state index in [1.165, 1.54) is 5.56 Å². The van der Waals surface area contributed by atoms with E-state index in [0.29, 0.717) is 11.5 Å². The molecule has 0 aromatic heterocycles. The number of carbonyl (C=O) groups is 1. The molecule has 0 bridgehead atoms. The Balaban J connectivity index is 2.90. The van der Waals surface area contributed by atoms with Gasteiger partial charge in [0.05, 0.1) is 0 Å². The largest absolute Gasteiger partial charge is 0.277 e. The van der Waals surface area contributed by atoms with Crippen molar-refractivity contribution < 1.29 is 4.79 Å². The van der Waals surface area contributed by atoms with E-state index in [0.717, 1.165) is 6.42 Å². The first kappa shape index (κ1) is 10.5. The fraction of sp³-hybridized carbons (Fsp3) is 0.333. The highest BCUT2D eigenvalue weighted by molar-refractivity contribution is 6.07. The van der Waals surface area contributed by atoms with Gasteiger partial charge in [-0.2, -0.15) is 5.26 Å². The van der Waals surface area contributed by atoms with Gasteiger partial charge in [-0.3, -0.25) is 4.79 Å². The van der Waals surface area contributed by atoms with E-state index in [1.807, 2.05) is 12.1 Å². The summed E-state index contributed by atoms with van der Waals surface area (Å²) >= 11 is 0. The summed E-state index contributed by atoms with van der Waals surface area (Å²) in [5, 5.41) is 8.41. The average molecular weight is 187 g/mol. The lowest BCUT2D eigenvalue weighted by molar-refractivity contribution is 0.105. The van der Waals surface area contributed by atoms with Gasteiger partial charge in [-0.05, 0) is 17.9 Å². The first-order chi connectivity index (χ1) is 6.69. The Morgan fingerprint density at radius 1 is 1.43 bits per heavy atom. The Morgan fingerprint density at radius 3 is 2.43 bits per heavy atom. The van der Waals surface area contributed by atoms with Crippen molar-refractivity contribution in [2.45, 2.75) is 26.2 Å². The molecule has 0 saturated heterocycles. The van der Waals surface area contributed by atoms with Gasteiger partial charge in [0.15, 0.2) is 0 Å². The molecule has 0 saturated carbocycles. The molecule has 0 heterocycles. The molecular weight excluding hydrogens is 174 g/mol. The van der Waals surface area contributed by atoms with Crippen LogP contribution in [0.25, 0.3) is 0 Å². The van der Waals surface area contributed by atoms with Crippen LogP contribution in [0.2, 0.25) is 0 Å². The third kappa shape index (κ3) is 2.20. The summed E-state index contributed by atoms with van der Waals surface area (Å²) in [7, 11) is 0. The number of hydrogen-bond donors (Lipinski definition) is 0. The number of ketones is 1. The van der Waals surface area contributed by atoms with Crippen molar-refractivity contribution in [1.29, 1.82) is 5.26 Å². The fourth-order valence-electron chi connectivity index (χ4n) is 1.26. The molecule has 0 fully saturated rings. The maximum atomic E-state index is 11.0. The minimum absolute atomic E-state index is 0.472. The maximum Gasteiger partial charge on any atom is 0.262 e. The van der Waals surface area contributed by atoms with Gasteiger partial charge in [0.1, 0.15) is 6.07 Å². The number of benzene rings is 1. The first-order valence-electron chi connectivity index (χ1n) is 4.73. The van der Waals surface area contributed by atoms with Crippen molar-refractivity contribution in [3.8, 4) is 6.07 Å². The predicted molar refractivity (Wildman–Crippen MR) is 55.1 cm³/mol. The Kier molecular flexibility index (Phi) is 3.41. The lowest BCUT2D eigenvalue weighted by atomic mass is 9.97. The molecule has 0 radical (unpaired) electrons. The van der Waals surface area contributed by atoms with E-state index >= 15 is 0 Å². The van der Waals surface area contributed by atoms with Crippen LogP contribution < -0.4 is 0 Å². The molecule has 1 unspecified atom stereocenters. The van der Waals surface area contributed by atoms with Crippen molar-refractivity contribution in [3.05, 3.63) is 35.4 Å². The van der Waals surface area contributed by atoms with Gasteiger partial charge in [-0.25, -0.2) is 0 Å². The second kappa shape index (κ2) is 4.57. The number of carbonyl (C=O) groups excluding carboxylic acids is 1. The number of hydrogen-bond acceptors (Lipinski definition) is 2. The van der Waals surface area contributed by atoms with Crippen LogP contribution in [-0.4, -0.2) is 5.78 Å². The topological polar surface area (TPSA) is 40.9 Å². The minimum Gasteiger partial charge on any atom is -0.277 e. The molecule has 0 N–H and O–H groups in total. The molecule has 2 heteroatoms. The quantitative estimate of drug-likeness (QED) is 0.539. The van der Waals surface area contributed by atoms with Gasteiger partial charge >= 0.3 is 0 Å². The molecule has 1 atom stereocenters. The van der Waals surface area contributed by atoms with Crippen LogP contribution in [0, 0.1) is 11.3 Å². The van der Waals surface area contributed by atoms with Crippen molar-refractivity contribution in [3.63, 3.8) is 0 Å². The molecule has 1 aromatic carbocycles. The highest BCUT2D eigenvalue weighted by Crippen LogP contribution is 2.18. The van der Waals surface area contributed by atoms with Crippen molar-refractivity contribution in [2.75, 3.05) is 0 Å². The summed E-state index contributed by atoms with van der Waals surface area (Å²) in [6, 6.07) is 8.87. The first-order valence-corrected chi connectivity index (χ1v) is 4.73. The second-order valence-electron chi connectivity index (χ2n) is 3.37. The average Bonchev–Trinajstić information content (AvgIpc) is 2.27. The zero-order valence-electron chi connectivity index (χ0n) is 8.45. The van der Waals surface area contributed by atoms with Gasteiger partial charge in [0.25, 0.3) is 5.78 Å². The Bertz CT molecular complexity index is 359. The van der Waals surface area contributed by atoms with Gasteiger partial charge in [-0.15, -0.1) is 0 Å². The van der Waals surface area contributed by atoms with Crippen molar-refractivity contribution >= 4 is 5.78 Å². The molecule has 0 amide bonds. The highest BCUT2D eigenvalue weighted by Gasteiger charge is 2.06. The van der Waals surface area contributed by atoms with Gasteiger partial charge < -0.3 is 0 Å². The van der Waals surface area contributed by atoms with Gasteiger partial charge in [0, 0.05) is 5.56 Å². The highest BCUT2D eigenvalue weighted by atomic mass is 16.1. The molecule has 14 heavy (non-hydrogen) atoms. The van der Waals surface area contributed by atoms with E-state index in [2.05, 4.69) is 13.8 Å². The standard InChI is InChI=1S/C12H13NO/c1-3-9(2)10-4-6-11(7-5-10)12(14)8-13/h4-7,9H,3H2,1-2H3. The smallest absolute Gasteiger partial charge is 0.262 e. The summed E-state index contributed by atoms with van der Waals surface area (Å²) < 4.78 is 0. The van der Waals surface area contributed by atoms with Crippen molar-refractivity contribution in [1.82, 2.24) is 0 Å². The summed E-state index contributed by atoms with van der Waals surface area (Å²) in [6.07, 6.45) is 1.07. The number of nitriles is 1. The lowest BCUT2D eigenvalue weighted by Gasteiger charge is -2.08. The summed E-state index contributed by atoms with van der Waals surface area (Å²) in [5.74, 6) is 0.0296.